The maximum absolute atomic E-state index is 12.0. The lowest BCUT2D eigenvalue weighted by molar-refractivity contribution is -0.150. The van der Waals surface area contributed by atoms with Crippen molar-refractivity contribution in [3.8, 4) is 22.9 Å². The summed E-state index contributed by atoms with van der Waals surface area (Å²) in [5.74, 6) is -0.737. The van der Waals surface area contributed by atoms with E-state index in [1.165, 1.54) is 0 Å². The minimum atomic E-state index is -1.02. The van der Waals surface area contributed by atoms with E-state index in [4.69, 9.17) is 9.47 Å². The number of hydrogen-bond acceptors (Lipinski definition) is 5. The van der Waals surface area contributed by atoms with E-state index in [1.54, 1.807) is 13.0 Å². The van der Waals surface area contributed by atoms with Crippen molar-refractivity contribution in [2.75, 3.05) is 13.2 Å². The van der Waals surface area contributed by atoms with Crippen LogP contribution in [0.25, 0.3) is 11.1 Å². The van der Waals surface area contributed by atoms with Crippen molar-refractivity contribution in [3.63, 3.8) is 0 Å². The van der Waals surface area contributed by atoms with E-state index in [0.29, 0.717) is 5.75 Å². The number of rotatable bonds is 8. The van der Waals surface area contributed by atoms with Crippen molar-refractivity contribution in [1.82, 2.24) is 5.32 Å². The molecule has 28 heavy (non-hydrogen) atoms. The van der Waals surface area contributed by atoms with E-state index in [9.17, 15) is 14.9 Å². The zero-order valence-corrected chi connectivity index (χ0v) is 16.3. The second-order valence-electron chi connectivity index (χ2n) is 6.83. The Bertz CT molecular complexity index is 858. The first-order valence-corrected chi connectivity index (χ1v) is 9.01. The molecule has 0 saturated heterocycles. The van der Waals surface area contributed by atoms with Crippen LogP contribution in [0.2, 0.25) is 0 Å². The lowest BCUT2D eigenvalue weighted by Crippen LogP contribution is -2.50. The third-order valence-corrected chi connectivity index (χ3v) is 4.47. The molecular formula is C22H24N2O4. The van der Waals surface area contributed by atoms with E-state index in [0.717, 1.165) is 11.1 Å². The molecule has 2 rings (SSSR count). The highest BCUT2D eigenvalue weighted by Gasteiger charge is 2.30. The summed E-state index contributed by atoms with van der Waals surface area (Å²) in [5, 5.41) is 11.8. The third kappa shape index (κ3) is 5.58. The monoisotopic (exact) mass is 380 g/mol. The molecule has 0 spiro atoms. The molecule has 6 heteroatoms. The van der Waals surface area contributed by atoms with Crippen LogP contribution in [0.4, 0.5) is 0 Å². The number of nitriles is 1. The molecule has 0 bridgehead atoms. The number of amides is 1. The summed E-state index contributed by atoms with van der Waals surface area (Å²) in [6.07, 6.45) is 0. The maximum atomic E-state index is 12.0. The van der Waals surface area contributed by atoms with Crippen molar-refractivity contribution in [2.45, 2.75) is 26.3 Å². The van der Waals surface area contributed by atoms with Gasteiger partial charge in [-0.15, -0.1) is 0 Å². The first kappa shape index (κ1) is 21.0. The van der Waals surface area contributed by atoms with Crippen molar-refractivity contribution in [3.05, 3.63) is 54.6 Å². The van der Waals surface area contributed by atoms with Gasteiger partial charge in [0.1, 0.15) is 11.3 Å². The number of para-hydroxylation sites is 1. The average Bonchev–Trinajstić information content (AvgIpc) is 2.71. The molecular weight excluding hydrogens is 356 g/mol. The van der Waals surface area contributed by atoms with Crippen LogP contribution in [0.15, 0.2) is 54.6 Å². The van der Waals surface area contributed by atoms with Crippen LogP contribution in [0.3, 0.4) is 0 Å². The molecule has 0 fully saturated rings. The van der Waals surface area contributed by atoms with Crippen molar-refractivity contribution >= 4 is 11.9 Å². The van der Waals surface area contributed by atoms with E-state index in [2.05, 4.69) is 11.4 Å². The molecule has 1 atom stereocenters. The summed E-state index contributed by atoms with van der Waals surface area (Å²) in [6.45, 7) is 4.49. The third-order valence-electron chi connectivity index (χ3n) is 4.47. The van der Waals surface area contributed by atoms with Crippen LogP contribution in [0.5, 0.6) is 5.75 Å². The van der Waals surface area contributed by atoms with Gasteiger partial charge in [0.15, 0.2) is 13.2 Å². The fourth-order valence-electron chi connectivity index (χ4n) is 2.40. The van der Waals surface area contributed by atoms with E-state index < -0.39 is 24.0 Å². The normalized spacial score (nSPS) is 12.5. The van der Waals surface area contributed by atoms with Crippen LogP contribution < -0.4 is 10.1 Å². The highest BCUT2D eigenvalue weighted by molar-refractivity contribution is 5.82. The van der Waals surface area contributed by atoms with Gasteiger partial charge in [0.2, 0.25) is 0 Å². The molecule has 1 amide bonds. The summed E-state index contributed by atoms with van der Waals surface area (Å²) in [6, 6.07) is 19.1. The first-order chi connectivity index (χ1) is 13.4. The predicted octanol–water partition coefficient (Wildman–Crippen LogP) is 3.33. The fraction of sp³-hybridized carbons (Fsp3) is 0.318. The number of benzene rings is 2. The van der Waals surface area contributed by atoms with Crippen molar-refractivity contribution in [1.29, 1.82) is 5.26 Å². The molecule has 0 aliphatic carbocycles. The molecule has 2 aromatic carbocycles. The van der Waals surface area contributed by atoms with Crippen LogP contribution in [-0.2, 0) is 14.3 Å². The topological polar surface area (TPSA) is 88.4 Å². The number of ether oxygens (including phenoxy) is 2. The van der Waals surface area contributed by atoms with Crippen molar-refractivity contribution < 1.29 is 19.1 Å². The average molecular weight is 380 g/mol. The zero-order valence-electron chi connectivity index (χ0n) is 16.3. The van der Waals surface area contributed by atoms with E-state index >= 15 is 0 Å². The first-order valence-electron chi connectivity index (χ1n) is 9.01. The Kier molecular flexibility index (Phi) is 7.16. The zero-order chi connectivity index (χ0) is 20.6. The van der Waals surface area contributed by atoms with Gasteiger partial charge in [-0.05, 0) is 24.5 Å². The number of nitrogens with zero attached hydrogens (tertiary/aromatic N) is 1. The highest BCUT2D eigenvalue weighted by Crippen LogP contribution is 2.29. The molecule has 0 aromatic heterocycles. The van der Waals surface area contributed by atoms with Gasteiger partial charge >= 0.3 is 5.97 Å². The van der Waals surface area contributed by atoms with Crippen LogP contribution >= 0.6 is 0 Å². The summed E-state index contributed by atoms with van der Waals surface area (Å²) in [4.78, 5) is 23.9. The summed E-state index contributed by atoms with van der Waals surface area (Å²) < 4.78 is 10.5. The summed E-state index contributed by atoms with van der Waals surface area (Å²) >= 11 is 0. The predicted molar refractivity (Wildman–Crippen MR) is 105 cm³/mol. The number of carbonyl (C=O) groups excluding carboxylic acids is 2. The minimum absolute atomic E-state index is 0.0880. The smallest absolute Gasteiger partial charge is 0.344 e. The lowest BCUT2D eigenvalue weighted by Gasteiger charge is -2.27. The maximum Gasteiger partial charge on any atom is 0.344 e. The Morgan fingerprint density at radius 3 is 2.36 bits per heavy atom. The van der Waals surface area contributed by atoms with E-state index in [1.807, 2.05) is 62.4 Å². The summed E-state index contributed by atoms with van der Waals surface area (Å²) in [5.41, 5.74) is 0.805. The molecule has 0 aliphatic rings. The Hall–Kier alpha value is -3.33. The quantitative estimate of drug-likeness (QED) is 0.710. The van der Waals surface area contributed by atoms with Crippen molar-refractivity contribution in [2.24, 2.45) is 5.92 Å². The summed E-state index contributed by atoms with van der Waals surface area (Å²) in [7, 11) is 0. The molecule has 146 valence electrons. The van der Waals surface area contributed by atoms with Gasteiger partial charge in [0, 0.05) is 5.56 Å². The van der Waals surface area contributed by atoms with Gasteiger partial charge in [-0.1, -0.05) is 62.4 Å². The molecule has 0 radical (unpaired) electrons. The molecule has 2 aromatic rings. The molecule has 0 heterocycles. The van der Waals surface area contributed by atoms with Gasteiger partial charge in [-0.25, -0.2) is 4.79 Å². The second-order valence-corrected chi connectivity index (χ2v) is 6.83. The number of nitrogens with one attached hydrogen (secondary N) is 1. The van der Waals surface area contributed by atoms with Gasteiger partial charge in [-0.2, -0.15) is 5.26 Å². The number of hydrogen-bond donors (Lipinski definition) is 1. The van der Waals surface area contributed by atoms with Gasteiger partial charge in [-0.3, -0.25) is 4.79 Å². The fourth-order valence-corrected chi connectivity index (χ4v) is 2.40. The lowest BCUT2D eigenvalue weighted by atomic mass is 9.90. The second kappa shape index (κ2) is 9.56. The van der Waals surface area contributed by atoms with Gasteiger partial charge < -0.3 is 14.8 Å². The largest absolute Gasteiger partial charge is 0.481 e. The Morgan fingerprint density at radius 2 is 1.71 bits per heavy atom. The van der Waals surface area contributed by atoms with Crippen LogP contribution in [0.1, 0.15) is 20.8 Å². The van der Waals surface area contributed by atoms with Gasteiger partial charge in [0.05, 0.1) is 6.07 Å². The van der Waals surface area contributed by atoms with Crippen LogP contribution in [0, 0.1) is 17.2 Å². The highest BCUT2D eigenvalue weighted by atomic mass is 16.6. The molecule has 0 saturated carbocycles. The molecule has 6 nitrogen and oxygen atoms in total. The van der Waals surface area contributed by atoms with Crippen LogP contribution in [-0.4, -0.2) is 30.6 Å². The minimum Gasteiger partial charge on any atom is -0.481 e. The Balaban J connectivity index is 1.89. The molecule has 0 aliphatic heterocycles. The number of esters is 1. The Labute approximate surface area is 165 Å². The Morgan fingerprint density at radius 1 is 1.07 bits per heavy atom. The molecule has 1 N–H and O–H groups in total. The van der Waals surface area contributed by atoms with E-state index in [-0.39, 0.29) is 12.5 Å². The molecule has 0 unspecified atom stereocenters. The number of carbonyl (C=O) groups is 2. The van der Waals surface area contributed by atoms with Gasteiger partial charge in [0.25, 0.3) is 5.91 Å². The SMILES string of the molecule is CC(C)[C@](C)(C#N)NC(=O)COC(=O)COc1ccccc1-c1ccccc1. The standard InChI is InChI=1S/C22H24N2O4/c1-16(2)22(3,15-23)24-20(25)13-28-21(26)14-27-19-12-8-7-11-18(19)17-9-5-4-6-10-17/h4-12,16H,13-14H2,1-3H3,(H,24,25)/t22-/m0/s1.